The van der Waals surface area contributed by atoms with Crippen molar-refractivity contribution in [2.75, 3.05) is 0 Å². The summed E-state index contributed by atoms with van der Waals surface area (Å²) >= 11 is 0. The molecular weight excluding hydrogens is 652 g/mol. The van der Waals surface area contributed by atoms with Crippen molar-refractivity contribution in [2.45, 2.75) is 77.3 Å². The minimum atomic E-state index is -1.23. The molecule has 13 nitrogen and oxygen atoms in total. The van der Waals surface area contributed by atoms with Gasteiger partial charge in [-0.1, -0.05) is 93.1 Å². The number of benzene rings is 3. The Balaban J connectivity index is 1.57. The third kappa shape index (κ3) is 12.9. The number of H-pyrrole nitrogens is 1. The van der Waals surface area contributed by atoms with E-state index in [1.165, 1.54) is 24.7 Å². The van der Waals surface area contributed by atoms with Crippen LogP contribution >= 0.6 is 0 Å². The topological polar surface area (TPSA) is 186 Å². The Hall–Kier alpha value is -5.69. The fourth-order valence-corrected chi connectivity index (χ4v) is 5.32. The standard InChI is InChI=1S/C38H46N6O7/c1-3-26(2)18-32(46)21-35(47)43-44(23-28-10-6-4-7-11-28)37(49)34(20-30-22-39-25-40-30)41-36(48)33(19-27-14-16-31(45)17-15-27)42-38(50)51-24-29-12-8-5-9-13-29/h4-17,22,25-26,32-34,45-46H,3,18-21,23-24H2,1-2H3,(H,39,40)(H,41,48)(H,42,50)(H,43,47)/t26?,32-,33-,34+/m0/s1. The van der Waals surface area contributed by atoms with E-state index in [2.05, 4.69) is 26.0 Å². The first-order valence-electron chi connectivity index (χ1n) is 16.9. The first-order chi connectivity index (χ1) is 24.6. The molecule has 0 fully saturated rings. The van der Waals surface area contributed by atoms with E-state index in [1.807, 2.05) is 38.1 Å². The Bertz CT molecular complexity index is 1670. The predicted molar refractivity (Wildman–Crippen MR) is 189 cm³/mol. The van der Waals surface area contributed by atoms with Crippen LogP contribution in [0.3, 0.4) is 0 Å². The summed E-state index contributed by atoms with van der Waals surface area (Å²) in [7, 11) is 0. The van der Waals surface area contributed by atoms with Crippen molar-refractivity contribution in [3.8, 4) is 5.75 Å². The molecule has 4 aromatic rings. The lowest BCUT2D eigenvalue weighted by Crippen LogP contribution is -2.58. The van der Waals surface area contributed by atoms with E-state index in [1.54, 1.807) is 48.5 Å². The van der Waals surface area contributed by atoms with E-state index in [0.29, 0.717) is 23.2 Å². The monoisotopic (exact) mass is 698 g/mol. The number of aromatic hydroxyl groups is 1. The number of nitrogens with zero attached hydrogens (tertiary/aromatic N) is 2. The Morgan fingerprint density at radius 2 is 1.53 bits per heavy atom. The fraction of sp³-hybridized carbons (Fsp3) is 0.342. The number of aliphatic hydroxyl groups excluding tert-OH is 1. The van der Waals surface area contributed by atoms with Crippen LogP contribution in [0.25, 0.3) is 0 Å². The number of carbonyl (C=O) groups is 4. The zero-order valence-electron chi connectivity index (χ0n) is 28.8. The van der Waals surface area contributed by atoms with Gasteiger partial charge < -0.3 is 30.6 Å². The summed E-state index contributed by atoms with van der Waals surface area (Å²) in [6, 6.07) is 21.8. The van der Waals surface area contributed by atoms with Crippen LogP contribution in [0.5, 0.6) is 5.75 Å². The molecule has 0 saturated carbocycles. The number of ether oxygens (including phenoxy) is 1. The Morgan fingerprint density at radius 1 is 0.863 bits per heavy atom. The number of alkyl carbamates (subject to hydrolysis) is 1. The van der Waals surface area contributed by atoms with Crippen molar-refractivity contribution in [1.82, 2.24) is 31.0 Å². The largest absolute Gasteiger partial charge is 0.508 e. The third-order valence-corrected chi connectivity index (χ3v) is 8.29. The molecule has 0 aliphatic carbocycles. The van der Waals surface area contributed by atoms with Gasteiger partial charge >= 0.3 is 6.09 Å². The van der Waals surface area contributed by atoms with Gasteiger partial charge in [0.1, 0.15) is 24.4 Å². The zero-order chi connectivity index (χ0) is 36.6. The number of aliphatic hydroxyl groups is 1. The van der Waals surface area contributed by atoms with Crippen LogP contribution in [0.4, 0.5) is 4.79 Å². The maximum atomic E-state index is 14.3. The number of phenolic OH excluding ortho intramolecular Hbond substituents is 1. The van der Waals surface area contributed by atoms with Crippen molar-refractivity contribution in [1.29, 1.82) is 0 Å². The average Bonchev–Trinajstić information content (AvgIpc) is 3.64. The van der Waals surface area contributed by atoms with E-state index in [-0.39, 0.29) is 44.1 Å². The molecule has 13 heteroatoms. The Kier molecular flexibility index (Phi) is 14.6. The average molecular weight is 699 g/mol. The van der Waals surface area contributed by atoms with Gasteiger partial charge in [0.05, 0.1) is 25.4 Å². The molecule has 0 spiro atoms. The zero-order valence-corrected chi connectivity index (χ0v) is 28.8. The number of amides is 4. The second kappa shape index (κ2) is 19.5. The number of hydrogen-bond acceptors (Lipinski definition) is 8. The van der Waals surface area contributed by atoms with Crippen LogP contribution in [0.2, 0.25) is 0 Å². The van der Waals surface area contributed by atoms with Crippen molar-refractivity contribution >= 4 is 23.8 Å². The molecule has 0 aliphatic rings. The normalized spacial score (nSPS) is 13.2. The van der Waals surface area contributed by atoms with Crippen LogP contribution in [-0.2, 0) is 45.1 Å². The highest BCUT2D eigenvalue weighted by molar-refractivity contribution is 5.92. The molecule has 1 aromatic heterocycles. The van der Waals surface area contributed by atoms with Crippen LogP contribution in [0, 0.1) is 5.92 Å². The molecule has 6 N–H and O–H groups in total. The SMILES string of the molecule is CCC(C)C[C@H](O)CC(=O)NN(Cc1ccccc1)C(=O)[C@@H](Cc1cnc[nH]1)NC(=O)[C@H](Cc1ccc(O)cc1)NC(=O)OCc1ccccc1. The maximum absolute atomic E-state index is 14.3. The maximum Gasteiger partial charge on any atom is 0.408 e. The van der Waals surface area contributed by atoms with Crippen LogP contribution < -0.4 is 16.1 Å². The number of aromatic nitrogens is 2. The molecule has 3 aromatic carbocycles. The summed E-state index contributed by atoms with van der Waals surface area (Å²) in [4.78, 5) is 61.4. The lowest BCUT2D eigenvalue weighted by Gasteiger charge is -2.29. The number of phenols is 1. The molecule has 270 valence electrons. The van der Waals surface area contributed by atoms with Crippen molar-refractivity contribution in [2.24, 2.45) is 5.92 Å². The van der Waals surface area contributed by atoms with Gasteiger partial charge in [0.2, 0.25) is 11.8 Å². The number of hydrogen-bond donors (Lipinski definition) is 6. The Morgan fingerprint density at radius 3 is 2.16 bits per heavy atom. The second-order valence-corrected chi connectivity index (χ2v) is 12.5. The highest BCUT2D eigenvalue weighted by atomic mass is 16.5. The van der Waals surface area contributed by atoms with E-state index in [0.717, 1.165) is 17.0 Å². The van der Waals surface area contributed by atoms with E-state index in [9.17, 15) is 29.4 Å². The third-order valence-electron chi connectivity index (χ3n) is 8.29. The molecule has 4 amide bonds. The first kappa shape index (κ1) is 38.1. The summed E-state index contributed by atoms with van der Waals surface area (Å²) in [5.41, 5.74) is 5.29. The predicted octanol–water partition coefficient (Wildman–Crippen LogP) is 3.93. The van der Waals surface area contributed by atoms with E-state index >= 15 is 0 Å². The molecule has 4 atom stereocenters. The molecule has 1 unspecified atom stereocenters. The summed E-state index contributed by atoms with van der Waals surface area (Å²) in [5.74, 6) is -1.64. The summed E-state index contributed by atoms with van der Waals surface area (Å²) in [6.07, 6.45) is 2.26. The van der Waals surface area contributed by atoms with Crippen LogP contribution in [-0.4, -0.2) is 67.2 Å². The van der Waals surface area contributed by atoms with Gasteiger partial charge in [0.15, 0.2) is 0 Å². The summed E-state index contributed by atoms with van der Waals surface area (Å²) in [6.45, 7) is 3.94. The molecule has 51 heavy (non-hydrogen) atoms. The quantitative estimate of drug-likeness (QED) is 0.0896. The minimum absolute atomic E-state index is 0.00998. The van der Waals surface area contributed by atoms with Gasteiger partial charge in [0, 0.05) is 24.7 Å². The molecule has 4 rings (SSSR count). The van der Waals surface area contributed by atoms with E-state index < -0.39 is 42.0 Å². The Labute approximate surface area is 297 Å². The number of rotatable bonds is 17. The molecule has 1 heterocycles. The molecular formula is C38H46N6O7. The lowest BCUT2D eigenvalue weighted by atomic mass is 9.99. The molecule has 0 radical (unpaired) electrons. The number of imidazole rings is 1. The van der Waals surface area contributed by atoms with Gasteiger partial charge in [0.25, 0.3) is 5.91 Å². The van der Waals surface area contributed by atoms with Crippen LogP contribution in [0.15, 0.2) is 97.5 Å². The van der Waals surface area contributed by atoms with Gasteiger partial charge in [-0.15, -0.1) is 0 Å². The molecule has 0 bridgehead atoms. The highest BCUT2D eigenvalue weighted by Gasteiger charge is 2.32. The van der Waals surface area contributed by atoms with Gasteiger partial charge in [-0.2, -0.15) is 0 Å². The number of carbonyl (C=O) groups excluding carboxylic acids is 4. The van der Waals surface area contributed by atoms with Crippen molar-refractivity contribution in [3.05, 3.63) is 120 Å². The van der Waals surface area contributed by atoms with E-state index in [4.69, 9.17) is 4.74 Å². The summed E-state index contributed by atoms with van der Waals surface area (Å²) < 4.78 is 5.39. The highest BCUT2D eigenvalue weighted by Crippen LogP contribution is 2.15. The smallest absolute Gasteiger partial charge is 0.408 e. The number of aromatic amines is 1. The van der Waals surface area contributed by atoms with Gasteiger partial charge in [-0.05, 0) is 41.2 Å². The van der Waals surface area contributed by atoms with Crippen LogP contribution in [0.1, 0.15) is 55.5 Å². The minimum Gasteiger partial charge on any atom is -0.508 e. The first-order valence-corrected chi connectivity index (χ1v) is 16.9. The van der Waals surface area contributed by atoms with Gasteiger partial charge in [-0.3, -0.25) is 19.8 Å². The van der Waals surface area contributed by atoms with Crippen molar-refractivity contribution in [3.63, 3.8) is 0 Å². The molecule has 0 aliphatic heterocycles. The van der Waals surface area contributed by atoms with Crippen molar-refractivity contribution < 1.29 is 34.1 Å². The molecule has 0 saturated heterocycles. The lowest BCUT2D eigenvalue weighted by molar-refractivity contribution is -0.146. The number of hydrazine groups is 1. The fourth-order valence-electron chi connectivity index (χ4n) is 5.32. The summed E-state index contributed by atoms with van der Waals surface area (Å²) in [5, 5.41) is 26.9. The van der Waals surface area contributed by atoms with Gasteiger partial charge in [-0.25, -0.2) is 14.8 Å². The second-order valence-electron chi connectivity index (χ2n) is 12.5. The number of nitrogens with one attached hydrogen (secondary N) is 4.